The molecule has 0 aliphatic rings. The van der Waals surface area contributed by atoms with Crippen molar-refractivity contribution in [2.45, 2.75) is 0 Å². The molecule has 0 radical (unpaired) electrons. The first-order valence-corrected chi connectivity index (χ1v) is 5.88. The molecule has 2 N–H and O–H groups in total. The van der Waals surface area contributed by atoms with Gasteiger partial charge in [-0.3, -0.25) is 4.79 Å². The van der Waals surface area contributed by atoms with E-state index in [1.807, 2.05) is 12.1 Å². The molecule has 1 aromatic carbocycles. The van der Waals surface area contributed by atoms with Crippen LogP contribution in [0.1, 0.15) is 26.4 Å². The molecule has 0 spiro atoms. The molecule has 0 fully saturated rings. The molecule has 86 valence electrons. The van der Waals surface area contributed by atoms with E-state index in [-0.39, 0.29) is 11.5 Å². The van der Waals surface area contributed by atoms with Crippen molar-refractivity contribution in [3.8, 4) is 0 Å². The zero-order valence-electron chi connectivity index (χ0n) is 8.61. The lowest BCUT2D eigenvalue weighted by atomic mass is 10.1. The number of benzene rings is 1. The summed E-state index contributed by atoms with van der Waals surface area (Å²) in [5.41, 5.74) is 0.940. The summed E-state index contributed by atoms with van der Waals surface area (Å²) in [5.74, 6) is -1.26. The molecule has 5 heteroatoms. The van der Waals surface area contributed by atoms with Crippen molar-refractivity contribution in [3.63, 3.8) is 0 Å². The number of hydrogen-bond donors (Lipinski definition) is 2. The van der Waals surface area contributed by atoms with Crippen molar-refractivity contribution in [3.05, 3.63) is 56.9 Å². The number of halogens is 1. The number of carboxylic acid groups (broad SMARTS) is 1. The molecule has 1 aromatic heterocycles. The predicted molar refractivity (Wildman–Crippen MR) is 70.3 cm³/mol. The molecular formula is C12H8INO3. The van der Waals surface area contributed by atoms with Crippen molar-refractivity contribution < 1.29 is 14.7 Å². The van der Waals surface area contributed by atoms with Gasteiger partial charge < -0.3 is 10.1 Å². The summed E-state index contributed by atoms with van der Waals surface area (Å²) in [6, 6.07) is 8.52. The average Bonchev–Trinajstić information content (AvgIpc) is 2.78. The standard InChI is InChI=1S/C12H8INO3/c13-9-4-2-1-3-8(9)11(15)7-5-10(12(16)17)14-6-7/h1-6,14H,(H,16,17). The van der Waals surface area contributed by atoms with E-state index in [4.69, 9.17) is 5.11 Å². The molecule has 17 heavy (non-hydrogen) atoms. The fourth-order valence-corrected chi connectivity index (χ4v) is 2.08. The largest absolute Gasteiger partial charge is 0.477 e. The van der Waals surface area contributed by atoms with Crippen molar-refractivity contribution in [2.24, 2.45) is 0 Å². The molecule has 1 heterocycles. The second-order valence-corrected chi connectivity index (χ2v) is 4.58. The van der Waals surface area contributed by atoms with E-state index >= 15 is 0 Å². The Morgan fingerprint density at radius 2 is 1.94 bits per heavy atom. The molecule has 0 atom stereocenters. The lowest BCUT2D eigenvalue weighted by Crippen LogP contribution is -2.02. The van der Waals surface area contributed by atoms with Gasteiger partial charge in [0.15, 0.2) is 5.78 Å². The summed E-state index contributed by atoms with van der Waals surface area (Å²) in [6.45, 7) is 0. The van der Waals surface area contributed by atoms with Crippen molar-refractivity contribution in [1.29, 1.82) is 0 Å². The van der Waals surface area contributed by atoms with E-state index in [2.05, 4.69) is 27.6 Å². The lowest BCUT2D eigenvalue weighted by molar-refractivity contribution is 0.0691. The van der Waals surface area contributed by atoms with Crippen LogP contribution >= 0.6 is 22.6 Å². The Labute approximate surface area is 111 Å². The number of aromatic carboxylic acids is 1. The van der Waals surface area contributed by atoms with Crippen molar-refractivity contribution >= 4 is 34.3 Å². The van der Waals surface area contributed by atoms with Gasteiger partial charge in [-0.15, -0.1) is 0 Å². The highest BCUT2D eigenvalue weighted by Crippen LogP contribution is 2.17. The van der Waals surface area contributed by atoms with Crippen LogP contribution in [-0.2, 0) is 0 Å². The van der Waals surface area contributed by atoms with Gasteiger partial charge in [0, 0.05) is 20.9 Å². The third-order valence-corrected chi connectivity index (χ3v) is 3.23. The van der Waals surface area contributed by atoms with Gasteiger partial charge in [0.1, 0.15) is 5.69 Å². The molecule has 0 saturated heterocycles. The normalized spacial score (nSPS) is 10.2. The van der Waals surface area contributed by atoms with Crippen LogP contribution in [0.2, 0.25) is 0 Å². The molecule has 2 aromatic rings. The minimum atomic E-state index is -1.08. The quantitative estimate of drug-likeness (QED) is 0.666. The second-order valence-electron chi connectivity index (χ2n) is 3.42. The number of nitrogens with one attached hydrogen (secondary N) is 1. The number of aromatic amines is 1. The Balaban J connectivity index is 2.37. The first kappa shape index (κ1) is 11.8. The highest BCUT2D eigenvalue weighted by atomic mass is 127. The zero-order valence-corrected chi connectivity index (χ0v) is 10.8. The van der Waals surface area contributed by atoms with Gasteiger partial charge >= 0.3 is 5.97 Å². The molecule has 0 saturated carbocycles. The third-order valence-electron chi connectivity index (χ3n) is 2.29. The van der Waals surface area contributed by atoms with Crippen LogP contribution in [0.5, 0.6) is 0 Å². The maximum absolute atomic E-state index is 12.1. The molecule has 0 bridgehead atoms. The number of carboxylic acids is 1. The number of hydrogen-bond acceptors (Lipinski definition) is 2. The van der Waals surface area contributed by atoms with Gasteiger partial charge in [-0.25, -0.2) is 4.79 Å². The molecule has 0 aliphatic heterocycles. The van der Waals surface area contributed by atoms with Gasteiger partial charge in [0.25, 0.3) is 0 Å². The Morgan fingerprint density at radius 1 is 1.24 bits per heavy atom. The van der Waals surface area contributed by atoms with Crippen LogP contribution in [0.3, 0.4) is 0 Å². The summed E-state index contributed by atoms with van der Waals surface area (Å²) in [7, 11) is 0. The molecule has 0 unspecified atom stereocenters. The van der Waals surface area contributed by atoms with Crippen LogP contribution in [-0.4, -0.2) is 21.8 Å². The Kier molecular flexibility index (Phi) is 3.28. The minimum absolute atomic E-state index is 0.0132. The van der Waals surface area contributed by atoms with E-state index in [0.29, 0.717) is 11.1 Å². The number of H-pyrrole nitrogens is 1. The fourth-order valence-electron chi connectivity index (χ4n) is 1.45. The van der Waals surface area contributed by atoms with Gasteiger partial charge in [0.05, 0.1) is 0 Å². The maximum atomic E-state index is 12.1. The zero-order chi connectivity index (χ0) is 12.4. The first-order valence-electron chi connectivity index (χ1n) is 4.80. The van der Waals surface area contributed by atoms with E-state index in [9.17, 15) is 9.59 Å². The van der Waals surface area contributed by atoms with Crippen molar-refractivity contribution in [2.75, 3.05) is 0 Å². The molecule has 4 nitrogen and oxygen atoms in total. The SMILES string of the molecule is O=C(O)c1cc(C(=O)c2ccccc2I)c[nH]1. The summed E-state index contributed by atoms with van der Waals surface area (Å²) < 4.78 is 0.841. The van der Waals surface area contributed by atoms with E-state index in [1.54, 1.807) is 12.1 Å². The minimum Gasteiger partial charge on any atom is -0.477 e. The van der Waals surface area contributed by atoms with Gasteiger partial charge in [0.2, 0.25) is 0 Å². The summed E-state index contributed by atoms with van der Waals surface area (Å²) in [4.78, 5) is 25.3. The highest BCUT2D eigenvalue weighted by Gasteiger charge is 2.15. The Morgan fingerprint density at radius 3 is 2.53 bits per heavy atom. The van der Waals surface area contributed by atoms with Crippen molar-refractivity contribution in [1.82, 2.24) is 4.98 Å². The lowest BCUT2D eigenvalue weighted by Gasteiger charge is -2.00. The van der Waals surface area contributed by atoms with E-state index in [1.165, 1.54) is 12.3 Å². The van der Waals surface area contributed by atoms with E-state index < -0.39 is 5.97 Å². The van der Waals surface area contributed by atoms with Gasteiger partial charge in [-0.2, -0.15) is 0 Å². The van der Waals surface area contributed by atoms with Crippen LogP contribution in [0.25, 0.3) is 0 Å². The summed E-state index contributed by atoms with van der Waals surface area (Å²) in [6.07, 6.45) is 1.41. The topological polar surface area (TPSA) is 70.2 Å². The van der Waals surface area contributed by atoms with E-state index in [0.717, 1.165) is 3.57 Å². The Hall–Kier alpha value is -1.63. The van der Waals surface area contributed by atoms with Crippen LogP contribution in [0, 0.1) is 3.57 Å². The molecular weight excluding hydrogens is 333 g/mol. The summed E-state index contributed by atoms with van der Waals surface area (Å²) in [5, 5.41) is 8.76. The highest BCUT2D eigenvalue weighted by molar-refractivity contribution is 14.1. The summed E-state index contributed by atoms with van der Waals surface area (Å²) >= 11 is 2.08. The predicted octanol–water partition coefficient (Wildman–Crippen LogP) is 2.55. The smallest absolute Gasteiger partial charge is 0.352 e. The number of carbonyl (C=O) groups excluding carboxylic acids is 1. The van der Waals surface area contributed by atoms with Gasteiger partial charge in [-0.05, 0) is 40.8 Å². The Bertz CT molecular complexity index is 589. The maximum Gasteiger partial charge on any atom is 0.352 e. The first-order chi connectivity index (χ1) is 8.09. The van der Waals surface area contributed by atoms with Crippen LogP contribution in [0.15, 0.2) is 36.5 Å². The molecule has 0 amide bonds. The average molecular weight is 341 g/mol. The number of aromatic nitrogens is 1. The molecule has 0 aliphatic carbocycles. The third kappa shape index (κ3) is 2.38. The van der Waals surface area contributed by atoms with Crippen LogP contribution in [0.4, 0.5) is 0 Å². The van der Waals surface area contributed by atoms with Crippen LogP contribution < -0.4 is 0 Å². The number of ketones is 1. The second kappa shape index (κ2) is 4.70. The fraction of sp³-hybridized carbons (Fsp3) is 0. The number of rotatable bonds is 3. The number of carbonyl (C=O) groups is 2. The molecule has 2 rings (SSSR count). The monoisotopic (exact) mass is 341 g/mol. The van der Waals surface area contributed by atoms with Gasteiger partial charge in [-0.1, -0.05) is 12.1 Å².